The zero-order valence-corrected chi connectivity index (χ0v) is 13.7. The summed E-state index contributed by atoms with van der Waals surface area (Å²) < 4.78 is 0. The lowest BCUT2D eigenvalue weighted by Gasteiger charge is -2.19. The first-order valence-corrected chi connectivity index (χ1v) is 7.57. The van der Waals surface area contributed by atoms with Gasteiger partial charge in [-0.3, -0.25) is 4.79 Å². The van der Waals surface area contributed by atoms with Gasteiger partial charge in [-0.15, -0.1) is 0 Å². The van der Waals surface area contributed by atoms with Crippen molar-refractivity contribution in [2.24, 2.45) is 0 Å². The summed E-state index contributed by atoms with van der Waals surface area (Å²) in [5, 5.41) is 6.46. The maximum Gasteiger partial charge on any atom is 0.241 e. The van der Waals surface area contributed by atoms with Crippen LogP contribution in [0.15, 0.2) is 6.33 Å². The zero-order valence-electron chi connectivity index (χ0n) is 13.7. The average molecular weight is 293 g/mol. The van der Waals surface area contributed by atoms with Crippen LogP contribution in [0.1, 0.15) is 45.6 Å². The lowest BCUT2D eigenvalue weighted by molar-refractivity contribution is -0.127. The van der Waals surface area contributed by atoms with Crippen molar-refractivity contribution >= 4 is 17.5 Å². The van der Waals surface area contributed by atoms with Crippen molar-refractivity contribution in [2.75, 3.05) is 37.3 Å². The highest BCUT2D eigenvalue weighted by atomic mass is 16.2. The largest absolute Gasteiger partial charge is 0.370 e. The highest BCUT2D eigenvalue weighted by molar-refractivity contribution is 5.80. The number of aromatic nitrogens is 2. The molecule has 0 fully saturated rings. The smallest absolute Gasteiger partial charge is 0.241 e. The fourth-order valence-corrected chi connectivity index (χ4v) is 1.94. The molecule has 1 rings (SSSR count). The summed E-state index contributed by atoms with van der Waals surface area (Å²) in [4.78, 5) is 22.2. The number of nitrogens with one attached hydrogen (secondary N) is 2. The Morgan fingerprint density at radius 3 is 2.38 bits per heavy atom. The van der Waals surface area contributed by atoms with E-state index in [-0.39, 0.29) is 18.4 Å². The van der Waals surface area contributed by atoms with E-state index in [0.717, 1.165) is 30.2 Å². The van der Waals surface area contributed by atoms with Crippen molar-refractivity contribution in [2.45, 2.75) is 40.0 Å². The third kappa shape index (κ3) is 4.88. The normalized spacial score (nSPS) is 10.6. The Hall–Kier alpha value is -1.85. The first-order valence-electron chi connectivity index (χ1n) is 7.57. The fraction of sp³-hybridized carbons (Fsp3) is 0.667. The molecule has 0 spiro atoms. The number of carbonyl (C=O) groups excluding carboxylic acids is 1. The summed E-state index contributed by atoms with van der Waals surface area (Å²) >= 11 is 0. The standard InChI is InChI=1S/C15H27N5O/c1-6-8-16-14-13(11(3)4)15(19-10-18-14)17-9-12(21)20(5)7-2/h10-11H,6-9H2,1-5H3,(H2,16,17,18,19). The molecule has 118 valence electrons. The van der Waals surface area contributed by atoms with Gasteiger partial charge in [-0.05, 0) is 19.3 Å². The van der Waals surface area contributed by atoms with Crippen LogP contribution >= 0.6 is 0 Å². The van der Waals surface area contributed by atoms with Crippen LogP contribution in [0.5, 0.6) is 0 Å². The van der Waals surface area contributed by atoms with Gasteiger partial charge in [0, 0.05) is 25.7 Å². The van der Waals surface area contributed by atoms with Gasteiger partial charge in [0.2, 0.25) is 5.91 Å². The molecule has 21 heavy (non-hydrogen) atoms. The molecular formula is C15H27N5O. The summed E-state index contributed by atoms with van der Waals surface area (Å²) in [6, 6.07) is 0. The summed E-state index contributed by atoms with van der Waals surface area (Å²) in [5.41, 5.74) is 1.03. The van der Waals surface area contributed by atoms with Gasteiger partial charge in [-0.1, -0.05) is 20.8 Å². The summed E-state index contributed by atoms with van der Waals surface area (Å²) in [7, 11) is 1.79. The third-order valence-electron chi connectivity index (χ3n) is 3.31. The van der Waals surface area contributed by atoms with Crippen LogP contribution in [0.2, 0.25) is 0 Å². The van der Waals surface area contributed by atoms with E-state index in [1.165, 1.54) is 6.33 Å². The number of nitrogens with zero attached hydrogens (tertiary/aromatic N) is 3. The van der Waals surface area contributed by atoms with Gasteiger partial charge < -0.3 is 15.5 Å². The monoisotopic (exact) mass is 293 g/mol. The molecule has 0 saturated carbocycles. The molecule has 0 atom stereocenters. The minimum Gasteiger partial charge on any atom is -0.370 e. The van der Waals surface area contributed by atoms with E-state index in [4.69, 9.17) is 0 Å². The van der Waals surface area contributed by atoms with Gasteiger partial charge in [-0.25, -0.2) is 9.97 Å². The van der Waals surface area contributed by atoms with Gasteiger partial charge in [0.1, 0.15) is 18.0 Å². The second kappa shape index (κ2) is 8.44. The molecule has 2 N–H and O–H groups in total. The first kappa shape index (κ1) is 17.2. The number of amides is 1. The van der Waals surface area contributed by atoms with E-state index in [2.05, 4.69) is 41.4 Å². The predicted octanol–water partition coefficient (Wildman–Crippen LogP) is 2.31. The van der Waals surface area contributed by atoms with Crippen molar-refractivity contribution in [3.05, 3.63) is 11.9 Å². The first-order chi connectivity index (χ1) is 10.0. The Morgan fingerprint density at radius 2 is 1.86 bits per heavy atom. The fourth-order valence-electron chi connectivity index (χ4n) is 1.94. The Morgan fingerprint density at radius 1 is 1.24 bits per heavy atom. The Kier molecular flexibility index (Phi) is 6.91. The zero-order chi connectivity index (χ0) is 15.8. The number of carbonyl (C=O) groups is 1. The van der Waals surface area contributed by atoms with E-state index in [0.29, 0.717) is 6.54 Å². The van der Waals surface area contributed by atoms with Crippen LogP contribution in [0, 0.1) is 0 Å². The van der Waals surface area contributed by atoms with Crippen molar-refractivity contribution in [3.8, 4) is 0 Å². The molecular weight excluding hydrogens is 266 g/mol. The number of hydrogen-bond acceptors (Lipinski definition) is 5. The molecule has 0 aromatic carbocycles. The van der Waals surface area contributed by atoms with Crippen molar-refractivity contribution in [1.82, 2.24) is 14.9 Å². The topological polar surface area (TPSA) is 70.1 Å². The maximum atomic E-state index is 11.9. The van der Waals surface area contributed by atoms with Gasteiger partial charge in [0.15, 0.2) is 0 Å². The van der Waals surface area contributed by atoms with Crippen LogP contribution in [-0.2, 0) is 4.79 Å². The van der Waals surface area contributed by atoms with Crippen LogP contribution in [0.3, 0.4) is 0 Å². The van der Waals surface area contributed by atoms with Crippen LogP contribution in [-0.4, -0.2) is 47.5 Å². The van der Waals surface area contributed by atoms with Crippen LogP contribution in [0.25, 0.3) is 0 Å². The van der Waals surface area contributed by atoms with Crippen molar-refractivity contribution in [3.63, 3.8) is 0 Å². The highest BCUT2D eigenvalue weighted by Crippen LogP contribution is 2.28. The SMILES string of the molecule is CCCNc1ncnc(NCC(=O)N(C)CC)c1C(C)C. The second-order valence-electron chi connectivity index (χ2n) is 5.33. The summed E-state index contributed by atoms with van der Waals surface area (Å²) in [6.07, 6.45) is 2.56. The second-order valence-corrected chi connectivity index (χ2v) is 5.33. The quantitative estimate of drug-likeness (QED) is 0.769. The minimum absolute atomic E-state index is 0.0499. The maximum absolute atomic E-state index is 11.9. The van der Waals surface area contributed by atoms with E-state index in [1.54, 1.807) is 11.9 Å². The minimum atomic E-state index is 0.0499. The molecule has 1 heterocycles. The number of hydrogen-bond donors (Lipinski definition) is 2. The van der Waals surface area contributed by atoms with E-state index < -0.39 is 0 Å². The van der Waals surface area contributed by atoms with E-state index in [9.17, 15) is 4.79 Å². The lowest BCUT2D eigenvalue weighted by atomic mass is 10.0. The van der Waals surface area contributed by atoms with Crippen LogP contribution in [0.4, 0.5) is 11.6 Å². The molecule has 0 radical (unpaired) electrons. The molecule has 0 aliphatic carbocycles. The molecule has 1 aromatic rings. The molecule has 0 aliphatic rings. The molecule has 6 nitrogen and oxygen atoms in total. The average Bonchev–Trinajstić information content (AvgIpc) is 2.49. The molecule has 0 bridgehead atoms. The molecule has 1 amide bonds. The van der Waals surface area contributed by atoms with Gasteiger partial charge in [-0.2, -0.15) is 0 Å². The molecule has 0 unspecified atom stereocenters. The summed E-state index contributed by atoms with van der Waals surface area (Å²) in [5.74, 6) is 1.90. The van der Waals surface area contributed by atoms with E-state index >= 15 is 0 Å². The van der Waals surface area contributed by atoms with Gasteiger partial charge >= 0.3 is 0 Å². The number of rotatable bonds is 8. The lowest BCUT2D eigenvalue weighted by Crippen LogP contribution is -2.32. The third-order valence-corrected chi connectivity index (χ3v) is 3.31. The molecule has 0 aliphatic heterocycles. The molecule has 0 saturated heterocycles. The Balaban J connectivity index is 2.88. The Bertz CT molecular complexity index is 461. The van der Waals surface area contributed by atoms with Crippen molar-refractivity contribution < 1.29 is 4.79 Å². The molecule has 6 heteroatoms. The number of likely N-dealkylation sites (N-methyl/N-ethyl adjacent to an activating group) is 1. The highest BCUT2D eigenvalue weighted by Gasteiger charge is 2.16. The Labute approximate surface area is 127 Å². The van der Waals surface area contributed by atoms with Crippen molar-refractivity contribution in [1.29, 1.82) is 0 Å². The van der Waals surface area contributed by atoms with Crippen LogP contribution < -0.4 is 10.6 Å². The predicted molar refractivity (Wildman–Crippen MR) is 86.7 cm³/mol. The van der Waals surface area contributed by atoms with Gasteiger partial charge in [0.25, 0.3) is 0 Å². The summed E-state index contributed by atoms with van der Waals surface area (Å²) in [6.45, 7) is 10.1. The van der Waals surface area contributed by atoms with E-state index in [1.807, 2.05) is 6.92 Å². The van der Waals surface area contributed by atoms with Gasteiger partial charge in [0.05, 0.1) is 6.54 Å². The molecule has 1 aromatic heterocycles. The number of anilines is 2.